The van der Waals surface area contributed by atoms with Crippen LogP contribution in [0.5, 0.6) is 5.75 Å². The van der Waals surface area contributed by atoms with E-state index in [9.17, 15) is 9.59 Å². The zero-order valence-electron chi connectivity index (χ0n) is 22.4. The van der Waals surface area contributed by atoms with Crippen LogP contribution < -0.4 is 4.74 Å². The quantitative estimate of drug-likeness (QED) is 0.0998. The smallest absolute Gasteiger partial charge is 0.253 e. The second kappa shape index (κ2) is 22.0. The lowest BCUT2D eigenvalue weighted by Gasteiger charge is -2.13. The second-order valence-electron chi connectivity index (χ2n) is 7.97. The number of hydrogen-bond donors (Lipinski definition) is 0. The predicted octanol–water partition coefficient (Wildman–Crippen LogP) is 1.09. The zero-order valence-corrected chi connectivity index (χ0v) is 22.4. The van der Waals surface area contributed by atoms with Crippen molar-refractivity contribution in [2.45, 2.75) is 0 Å². The standard InChI is InChI=1S/C28H39NO10/c1-2-25-3-5-26(6-4-25)39-24-23-38-22-21-37-20-19-36-18-17-35-16-15-34-14-13-33-12-11-32-10-9-29-27(30)7-8-28(29)31/h1,3-8H,9-24H2. The Bertz CT molecular complexity index is 850. The van der Waals surface area contributed by atoms with Crippen LogP contribution in [0.15, 0.2) is 36.4 Å². The van der Waals surface area contributed by atoms with Crippen LogP contribution in [0.25, 0.3) is 0 Å². The number of rotatable bonds is 25. The molecule has 0 aliphatic carbocycles. The second-order valence-corrected chi connectivity index (χ2v) is 7.97. The predicted molar refractivity (Wildman–Crippen MR) is 141 cm³/mol. The van der Waals surface area contributed by atoms with E-state index in [0.717, 1.165) is 16.2 Å². The molecule has 2 rings (SSSR count). The highest BCUT2D eigenvalue weighted by atomic mass is 16.6. The maximum Gasteiger partial charge on any atom is 0.253 e. The van der Waals surface area contributed by atoms with Gasteiger partial charge in [0, 0.05) is 17.7 Å². The number of ether oxygens (including phenoxy) is 8. The normalized spacial score (nSPS) is 12.8. The molecule has 0 atom stereocenters. The summed E-state index contributed by atoms with van der Waals surface area (Å²) in [5, 5.41) is 0. The molecule has 0 aromatic heterocycles. The molecule has 1 aromatic carbocycles. The van der Waals surface area contributed by atoms with Gasteiger partial charge in [-0.1, -0.05) is 5.92 Å². The van der Waals surface area contributed by atoms with E-state index in [1.54, 1.807) is 0 Å². The molecule has 1 aromatic rings. The van der Waals surface area contributed by atoms with E-state index in [1.165, 1.54) is 12.2 Å². The van der Waals surface area contributed by atoms with E-state index in [1.807, 2.05) is 24.3 Å². The summed E-state index contributed by atoms with van der Waals surface area (Å²) in [5.41, 5.74) is 0.821. The number of hydrogen-bond acceptors (Lipinski definition) is 10. The van der Waals surface area contributed by atoms with Crippen molar-refractivity contribution in [1.82, 2.24) is 4.90 Å². The molecule has 0 saturated carbocycles. The van der Waals surface area contributed by atoms with Gasteiger partial charge in [-0.05, 0) is 24.3 Å². The molecule has 0 spiro atoms. The van der Waals surface area contributed by atoms with Crippen molar-refractivity contribution in [3.05, 3.63) is 42.0 Å². The van der Waals surface area contributed by atoms with E-state index < -0.39 is 0 Å². The van der Waals surface area contributed by atoms with Gasteiger partial charge in [0.25, 0.3) is 11.8 Å². The summed E-state index contributed by atoms with van der Waals surface area (Å²) < 4.78 is 43.5. The van der Waals surface area contributed by atoms with Crippen molar-refractivity contribution in [1.29, 1.82) is 0 Å². The highest BCUT2D eigenvalue weighted by Gasteiger charge is 2.22. The van der Waals surface area contributed by atoms with Crippen LogP contribution in [-0.4, -0.2) is 122 Å². The van der Waals surface area contributed by atoms with Crippen molar-refractivity contribution in [2.24, 2.45) is 0 Å². The van der Waals surface area contributed by atoms with Crippen molar-refractivity contribution in [3.63, 3.8) is 0 Å². The van der Waals surface area contributed by atoms with E-state index >= 15 is 0 Å². The summed E-state index contributed by atoms with van der Waals surface area (Å²) in [7, 11) is 0. The Morgan fingerprint density at radius 1 is 0.538 bits per heavy atom. The maximum absolute atomic E-state index is 11.4. The molecule has 1 aliphatic heterocycles. The first-order valence-electron chi connectivity index (χ1n) is 13.0. The van der Waals surface area contributed by atoms with Crippen molar-refractivity contribution in [3.8, 4) is 18.1 Å². The molecular weight excluding hydrogens is 510 g/mol. The van der Waals surface area contributed by atoms with Gasteiger partial charge in [-0.15, -0.1) is 6.42 Å². The van der Waals surface area contributed by atoms with Crippen molar-refractivity contribution in [2.75, 3.05) is 106 Å². The summed E-state index contributed by atoms with van der Waals surface area (Å²) >= 11 is 0. The Morgan fingerprint density at radius 3 is 1.28 bits per heavy atom. The molecule has 11 nitrogen and oxygen atoms in total. The van der Waals surface area contributed by atoms with Gasteiger partial charge in [-0.3, -0.25) is 14.5 Å². The highest BCUT2D eigenvalue weighted by molar-refractivity contribution is 6.12. The number of nitrogens with zero attached hydrogens (tertiary/aromatic N) is 1. The number of imide groups is 1. The topological polar surface area (TPSA) is 111 Å². The number of terminal acetylenes is 1. The lowest BCUT2D eigenvalue weighted by atomic mass is 10.2. The molecule has 0 radical (unpaired) electrons. The molecule has 0 bridgehead atoms. The fraction of sp³-hybridized carbons (Fsp3) is 0.571. The minimum Gasteiger partial charge on any atom is -0.491 e. The molecule has 39 heavy (non-hydrogen) atoms. The minimum absolute atomic E-state index is 0.241. The number of amides is 2. The van der Waals surface area contributed by atoms with E-state index in [2.05, 4.69) is 5.92 Å². The first kappa shape index (κ1) is 32.4. The number of carbonyl (C=O) groups is 2. The summed E-state index contributed by atoms with van der Waals surface area (Å²) in [6, 6.07) is 7.34. The number of benzene rings is 1. The molecule has 2 amide bonds. The third-order valence-corrected chi connectivity index (χ3v) is 5.11. The van der Waals surface area contributed by atoms with E-state index in [-0.39, 0.29) is 25.0 Å². The van der Waals surface area contributed by atoms with Gasteiger partial charge in [0.2, 0.25) is 0 Å². The highest BCUT2D eigenvalue weighted by Crippen LogP contribution is 2.11. The van der Waals surface area contributed by atoms with Gasteiger partial charge in [-0.25, -0.2) is 0 Å². The monoisotopic (exact) mass is 549 g/mol. The van der Waals surface area contributed by atoms with Gasteiger partial charge in [0.15, 0.2) is 0 Å². The summed E-state index contributed by atoms with van der Waals surface area (Å²) in [6.45, 7) is 7.03. The SMILES string of the molecule is C#Cc1ccc(OCCOCCOCCOCCOCCOCCOCCOCCN2C(=O)C=CC2=O)cc1. The van der Waals surface area contributed by atoms with Gasteiger partial charge >= 0.3 is 0 Å². The maximum atomic E-state index is 11.4. The van der Waals surface area contributed by atoms with Crippen LogP contribution in [0.2, 0.25) is 0 Å². The van der Waals surface area contributed by atoms with Gasteiger partial charge in [0.1, 0.15) is 12.4 Å². The molecule has 0 fully saturated rings. The Balaban J connectivity index is 1.20. The van der Waals surface area contributed by atoms with Gasteiger partial charge < -0.3 is 37.9 Å². The van der Waals surface area contributed by atoms with Gasteiger partial charge in [-0.2, -0.15) is 0 Å². The fourth-order valence-corrected chi connectivity index (χ4v) is 3.09. The van der Waals surface area contributed by atoms with Crippen LogP contribution in [0.4, 0.5) is 0 Å². The molecule has 1 aliphatic rings. The van der Waals surface area contributed by atoms with E-state index in [4.69, 9.17) is 44.3 Å². The Kier molecular flexibility index (Phi) is 18.3. The molecule has 216 valence electrons. The molecular formula is C28H39NO10. The first-order chi connectivity index (χ1) is 19.2. The molecule has 1 heterocycles. The summed E-state index contributed by atoms with van der Waals surface area (Å²) in [4.78, 5) is 23.9. The average Bonchev–Trinajstić information content (AvgIpc) is 3.27. The third kappa shape index (κ3) is 16.0. The van der Waals surface area contributed by atoms with Crippen LogP contribution in [0.1, 0.15) is 5.56 Å². The van der Waals surface area contributed by atoms with E-state index in [0.29, 0.717) is 92.5 Å². The lowest BCUT2D eigenvalue weighted by Crippen LogP contribution is -2.33. The largest absolute Gasteiger partial charge is 0.491 e. The minimum atomic E-state index is -0.306. The Labute approximate surface area is 230 Å². The van der Waals surface area contributed by atoms with Crippen LogP contribution in [0, 0.1) is 12.3 Å². The summed E-state index contributed by atoms with van der Waals surface area (Å²) in [6.07, 6.45) is 7.83. The summed E-state index contributed by atoms with van der Waals surface area (Å²) in [5.74, 6) is 2.71. The van der Waals surface area contributed by atoms with Crippen LogP contribution >= 0.6 is 0 Å². The third-order valence-electron chi connectivity index (χ3n) is 5.11. The molecule has 0 N–H and O–H groups in total. The molecule has 0 unspecified atom stereocenters. The molecule has 0 saturated heterocycles. The Hall–Kier alpha value is -2.82. The van der Waals surface area contributed by atoms with Gasteiger partial charge in [0.05, 0.1) is 99.0 Å². The van der Waals surface area contributed by atoms with Crippen molar-refractivity contribution >= 4 is 11.8 Å². The van der Waals surface area contributed by atoms with Crippen LogP contribution in [0.3, 0.4) is 0 Å². The van der Waals surface area contributed by atoms with Crippen LogP contribution in [-0.2, 0) is 42.7 Å². The fourth-order valence-electron chi connectivity index (χ4n) is 3.09. The Morgan fingerprint density at radius 2 is 0.897 bits per heavy atom. The number of carbonyl (C=O) groups excluding carboxylic acids is 2. The zero-order chi connectivity index (χ0) is 27.8. The first-order valence-corrected chi connectivity index (χ1v) is 13.0. The average molecular weight is 550 g/mol. The van der Waals surface area contributed by atoms with Crippen molar-refractivity contribution < 1.29 is 47.5 Å². The molecule has 11 heteroatoms. The lowest BCUT2D eigenvalue weighted by molar-refractivity contribution is -0.137.